The zero-order valence-corrected chi connectivity index (χ0v) is 14.6. The maximum atomic E-state index is 12.4. The Balaban J connectivity index is 1.77. The highest BCUT2D eigenvalue weighted by atomic mass is 16.2. The highest BCUT2D eigenvalue weighted by Gasteiger charge is 2.26. The topological polar surface area (TPSA) is 62.3 Å². The third-order valence-electron chi connectivity index (χ3n) is 4.58. The highest BCUT2D eigenvalue weighted by Crippen LogP contribution is 2.17. The van der Waals surface area contributed by atoms with Gasteiger partial charge in [0.2, 0.25) is 11.8 Å². The van der Waals surface area contributed by atoms with E-state index in [1.807, 2.05) is 23.1 Å². The van der Waals surface area contributed by atoms with Crippen molar-refractivity contribution in [1.82, 2.24) is 15.2 Å². The lowest BCUT2D eigenvalue weighted by atomic mass is 9.98. The monoisotopic (exact) mass is 329 g/mol. The molecule has 0 unspecified atom stereocenters. The lowest BCUT2D eigenvalue weighted by molar-refractivity contribution is -0.136. The summed E-state index contributed by atoms with van der Waals surface area (Å²) in [6.07, 6.45) is 8.34. The van der Waals surface area contributed by atoms with Crippen molar-refractivity contribution in [2.24, 2.45) is 5.92 Å². The number of rotatable bonds is 6. The molecule has 1 aromatic heterocycles. The summed E-state index contributed by atoms with van der Waals surface area (Å²) in [5.74, 6) is 0.294. The number of likely N-dealkylation sites (tertiary alicyclic amines) is 1. The van der Waals surface area contributed by atoms with Gasteiger partial charge in [-0.3, -0.25) is 14.6 Å². The average molecular weight is 329 g/mol. The molecule has 0 saturated carbocycles. The predicted molar refractivity (Wildman–Crippen MR) is 95.1 cm³/mol. The molecule has 1 N–H and O–H groups in total. The number of aromatic nitrogens is 1. The summed E-state index contributed by atoms with van der Waals surface area (Å²) in [6.45, 7) is 5.58. The van der Waals surface area contributed by atoms with Gasteiger partial charge in [0.25, 0.3) is 0 Å². The summed E-state index contributed by atoms with van der Waals surface area (Å²) in [6, 6.07) is 5.72. The molecular formula is C19H27N3O2. The minimum Gasteiger partial charge on any atom is -0.350 e. The van der Waals surface area contributed by atoms with Crippen molar-refractivity contribution in [3.8, 4) is 0 Å². The van der Waals surface area contributed by atoms with Crippen LogP contribution in [0.5, 0.6) is 0 Å². The Labute approximate surface area is 144 Å². The second-order valence-electron chi connectivity index (χ2n) is 6.21. The number of hydrogen-bond donors (Lipinski definition) is 1. The van der Waals surface area contributed by atoms with Crippen LogP contribution in [0.15, 0.2) is 30.5 Å². The molecule has 2 rings (SSSR count). The van der Waals surface area contributed by atoms with Gasteiger partial charge >= 0.3 is 0 Å². The van der Waals surface area contributed by atoms with Crippen LogP contribution >= 0.6 is 0 Å². The summed E-state index contributed by atoms with van der Waals surface area (Å²) >= 11 is 0. The van der Waals surface area contributed by atoms with Gasteiger partial charge in [-0.05, 0) is 43.9 Å². The summed E-state index contributed by atoms with van der Waals surface area (Å²) in [7, 11) is 0. The first-order valence-electron chi connectivity index (χ1n) is 8.82. The van der Waals surface area contributed by atoms with E-state index in [0.717, 1.165) is 44.5 Å². The van der Waals surface area contributed by atoms with Crippen LogP contribution in [0.2, 0.25) is 0 Å². The standard InChI is InChI=1S/C19H27N3O2/c1-3-15(4-2)19(24)22-13-10-17(11-14-22)21-18(23)9-8-16-7-5-6-12-20-16/h5-9,12,15,17H,3-4,10-11,13-14H2,1-2H3,(H,21,23)/b9-8+. The normalized spacial score (nSPS) is 15.9. The molecule has 1 fully saturated rings. The van der Waals surface area contributed by atoms with E-state index in [1.165, 1.54) is 6.08 Å². The molecule has 0 atom stereocenters. The molecule has 5 nitrogen and oxygen atoms in total. The smallest absolute Gasteiger partial charge is 0.244 e. The van der Waals surface area contributed by atoms with Gasteiger partial charge in [-0.2, -0.15) is 0 Å². The second-order valence-corrected chi connectivity index (χ2v) is 6.21. The van der Waals surface area contributed by atoms with E-state index in [4.69, 9.17) is 0 Å². The zero-order chi connectivity index (χ0) is 17.4. The first-order valence-corrected chi connectivity index (χ1v) is 8.82. The van der Waals surface area contributed by atoms with E-state index in [-0.39, 0.29) is 23.8 Å². The van der Waals surface area contributed by atoms with Gasteiger partial charge in [0, 0.05) is 37.3 Å². The molecule has 24 heavy (non-hydrogen) atoms. The molecule has 0 radical (unpaired) electrons. The van der Waals surface area contributed by atoms with E-state index < -0.39 is 0 Å². The molecule has 0 bridgehead atoms. The number of nitrogens with zero attached hydrogens (tertiary/aromatic N) is 2. The number of carbonyl (C=O) groups is 2. The molecule has 1 saturated heterocycles. The first kappa shape index (κ1) is 18.2. The Morgan fingerprint density at radius 2 is 2.00 bits per heavy atom. The van der Waals surface area contributed by atoms with Crippen molar-refractivity contribution in [2.75, 3.05) is 13.1 Å². The summed E-state index contributed by atoms with van der Waals surface area (Å²) < 4.78 is 0. The Morgan fingerprint density at radius 3 is 2.58 bits per heavy atom. The van der Waals surface area contributed by atoms with Crippen LogP contribution in [0.1, 0.15) is 45.2 Å². The van der Waals surface area contributed by atoms with E-state index in [2.05, 4.69) is 24.1 Å². The Morgan fingerprint density at radius 1 is 1.29 bits per heavy atom. The second kappa shape index (κ2) is 9.21. The lowest BCUT2D eigenvalue weighted by Crippen LogP contribution is -2.47. The third-order valence-corrected chi connectivity index (χ3v) is 4.58. The van der Waals surface area contributed by atoms with Gasteiger partial charge in [0.15, 0.2) is 0 Å². The van der Waals surface area contributed by atoms with Gasteiger partial charge in [-0.25, -0.2) is 0 Å². The fourth-order valence-corrected chi connectivity index (χ4v) is 3.03. The number of nitrogens with one attached hydrogen (secondary N) is 1. The average Bonchev–Trinajstić information content (AvgIpc) is 2.62. The SMILES string of the molecule is CCC(CC)C(=O)N1CCC(NC(=O)/C=C/c2ccccn2)CC1. The van der Waals surface area contributed by atoms with Crippen LogP contribution in [-0.4, -0.2) is 40.8 Å². The molecule has 2 amide bonds. The maximum absolute atomic E-state index is 12.4. The zero-order valence-electron chi connectivity index (χ0n) is 14.6. The lowest BCUT2D eigenvalue weighted by Gasteiger charge is -2.34. The summed E-state index contributed by atoms with van der Waals surface area (Å²) in [4.78, 5) is 30.5. The van der Waals surface area contributed by atoms with Gasteiger partial charge < -0.3 is 10.2 Å². The number of hydrogen-bond acceptors (Lipinski definition) is 3. The van der Waals surface area contributed by atoms with Crippen molar-refractivity contribution >= 4 is 17.9 Å². The van der Waals surface area contributed by atoms with Crippen LogP contribution in [0.4, 0.5) is 0 Å². The van der Waals surface area contributed by atoms with E-state index in [9.17, 15) is 9.59 Å². The van der Waals surface area contributed by atoms with Gasteiger partial charge in [0.1, 0.15) is 0 Å². The van der Waals surface area contributed by atoms with Gasteiger partial charge in [-0.15, -0.1) is 0 Å². The fraction of sp³-hybridized carbons (Fsp3) is 0.526. The van der Waals surface area contributed by atoms with Crippen molar-refractivity contribution in [1.29, 1.82) is 0 Å². The number of carbonyl (C=O) groups excluding carboxylic acids is 2. The van der Waals surface area contributed by atoms with Crippen LogP contribution in [0.3, 0.4) is 0 Å². The van der Waals surface area contributed by atoms with Crippen molar-refractivity contribution in [2.45, 2.75) is 45.6 Å². The predicted octanol–water partition coefficient (Wildman–Crippen LogP) is 2.64. The van der Waals surface area contributed by atoms with Crippen LogP contribution < -0.4 is 5.32 Å². The highest BCUT2D eigenvalue weighted by molar-refractivity contribution is 5.91. The Kier molecular flexibility index (Phi) is 6.97. The first-order chi connectivity index (χ1) is 11.6. The van der Waals surface area contributed by atoms with Crippen LogP contribution in [-0.2, 0) is 9.59 Å². The van der Waals surface area contributed by atoms with Gasteiger partial charge in [0.05, 0.1) is 5.69 Å². The molecule has 5 heteroatoms. The minimum atomic E-state index is -0.106. The summed E-state index contributed by atoms with van der Waals surface area (Å²) in [5.41, 5.74) is 0.762. The maximum Gasteiger partial charge on any atom is 0.244 e. The van der Waals surface area contributed by atoms with Crippen molar-refractivity contribution in [3.05, 3.63) is 36.2 Å². The molecule has 1 aliphatic rings. The van der Waals surface area contributed by atoms with E-state index in [1.54, 1.807) is 12.3 Å². The quantitative estimate of drug-likeness (QED) is 0.816. The van der Waals surface area contributed by atoms with Crippen LogP contribution in [0.25, 0.3) is 6.08 Å². The molecular weight excluding hydrogens is 302 g/mol. The number of piperidine rings is 1. The van der Waals surface area contributed by atoms with E-state index in [0.29, 0.717) is 0 Å². The summed E-state index contributed by atoms with van der Waals surface area (Å²) in [5, 5.41) is 3.01. The van der Waals surface area contributed by atoms with Crippen molar-refractivity contribution < 1.29 is 9.59 Å². The molecule has 0 spiro atoms. The minimum absolute atomic E-state index is 0.106. The van der Waals surface area contributed by atoms with Gasteiger partial charge in [-0.1, -0.05) is 19.9 Å². The van der Waals surface area contributed by atoms with E-state index >= 15 is 0 Å². The third kappa shape index (κ3) is 5.18. The number of pyridine rings is 1. The fourth-order valence-electron chi connectivity index (χ4n) is 3.03. The molecule has 1 aromatic rings. The molecule has 1 aliphatic heterocycles. The van der Waals surface area contributed by atoms with Crippen molar-refractivity contribution in [3.63, 3.8) is 0 Å². The molecule has 130 valence electrons. The van der Waals surface area contributed by atoms with Crippen LogP contribution in [0, 0.1) is 5.92 Å². The Bertz CT molecular complexity index is 559. The molecule has 0 aliphatic carbocycles. The molecule has 2 heterocycles. The Hall–Kier alpha value is -2.17. The number of amides is 2. The molecule has 0 aromatic carbocycles. The largest absolute Gasteiger partial charge is 0.350 e.